The summed E-state index contributed by atoms with van der Waals surface area (Å²) in [4.78, 5) is 1.52. The van der Waals surface area contributed by atoms with Crippen molar-refractivity contribution in [1.29, 1.82) is 0 Å². The van der Waals surface area contributed by atoms with Crippen LogP contribution in [0, 0.1) is 5.92 Å². The quantitative estimate of drug-likeness (QED) is 0.687. The molecular weight excluding hydrogens is 232 g/mol. The summed E-state index contributed by atoms with van der Waals surface area (Å²) < 4.78 is 0. The minimum atomic E-state index is 0.827. The Balaban J connectivity index is 2.37. The number of thiophene rings is 1. The Morgan fingerprint density at radius 2 is 2.42 bits per heavy atom. The van der Waals surface area contributed by atoms with Crippen LogP contribution in [-0.4, -0.2) is 5.33 Å². The van der Waals surface area contributed by atoms with Gasteiger partial charge in [0, 0.05) is 10.2 Å². The molecule has 0 aliphatic heterocycles. The molecule has 0 bridgehead atoms. The molecule has 0 saturated heterocycles. The molecular formula is C10H15BrS. The van der Waals surface area contributed by atoms with Crippen LogP contribution < -0.4 is 0 Å². The fraction of sp³-hybridized carbons (Fsp3) is 0.600. The lowest BCUT2D eigenvalue weighted by Crippen LogP contribution is -2.04. The van der Waals surface area contributed by atoms with Crippen molar-refractivity contribution >= 4 is 27.3 Å². The highest BCUT2D eigenvalue weighted by molar-refractivity contribution is 9.09. The molecule has 0 amide bonds. The van der Waals surface area contributed by atoms with Gasteiger partial charge in [0.15, 0.2) is 0 Å². The van der Waals surface area contributed by atoms with Crippen LogP contribution in [0.15, 0.2) is 17.5 Å². The fourth-order valence-electron chi connectivity index (χ4n) is 1.36. The zero-order valence-electron chi connectivity index (χ0n) is 7.42. The third kappa shape index (κ3) is 3.28. The monoisotopic (exact) mass is 246 g/mol. The van der Waals surface area contributed by atoms with Gasteiger partial charge in [-0.25, -0.2) is 0 Å². The van der Waals surface area contributed by atoms with E-state index < -0.39 is 0 Å². The maximum atomic E-state index is 3.57. The van der Waals surface area contributed by atoms with Gasteiger partial charge in [-0.2, -0.15) is 0 Å². The lowest BCUT2D eigenvalue weighted by Gasteiger charge is -2.10. The van der Waals surface area contributed by atoms with Crippen LogP contribution in [0.1, 0.15) is 24.6 Å². The summed E-state index contributed by atoms with van der Waals surface area (Å²) in [5.41, 5.74) is 0. The van der Waals surface area contributed by atoms with Crippen molar-refractivity contribution in [3.8, 4) is 0 Å². The molecule has 68 valence electrons. The Kier molecular flexibility index (Phi) is 4.93. The predicted octanol–water partition coefficient (Wildman–Crippen LogP) is 4.10. The molecule has 12 heavy (non-hydrogen) atoms. The molecule has 1 aromatic rings. The van der Waals surface area contributed by atoms with Gasteiger partial charge in [-0.1, -0.05) is 35.3 Å². The third-order valence-electron chi connectivity index (χ3n) is 1.99. The summed E-state index contributed by atoms with van der Waals surface area (Å²) in [6.45, 7) is 2.25. The molecule has 0 spiro atoms. The van der Waals surface area contributed by atoms with Crippen LogP contribution in [0.5, 0.6) is 0 Å². The van der Waals surface area contributed by atoms with Crippen molar-refractivity contribution in [2.24, 2.45) is 5.92 Å². The molecule has 1 atom stereocenters. The SMILES string of the molecule is CCCC(CBr)Cc1cccs1. The Morgan fingerprint density at radius 1 is 1.58 bits per heavy atom. The normalized spacial score (nSPS) is 13.2. The lowest BCUT2D eigenvalue weighted by molar-refractivity contribution is 0.538. The highest BCUT2D eigenvalue weighted by Gasteiger charge is 2.07. The molecule has 0 nitrogen and oxygen atoms in total. The van der Waals surface area contributed by atoms with Gasteiger partial charge in [0.1, 0.15) is 0 Å². The summed E-state index contributed by atoms with van der Waals surface area (Å²) >= 11 is 5.44. The van der Waals surface area contributed by atoms with Gasteiger partial charge in [-0.3, -0.25) is 0 Å². The van der Waals surface area contributed by atoms with Crippen molar-refractivity contribution < 1.29 is 0 Å². The molecule has 1 aromatic heterocycles. The van der Waals surface area contributed by atoms with E-state index in [9.17, 15) is 0 Å². The molecule has 0 fully saturated rings. The van der Waals surface area contributed by atoms with Crippen molar-refractivity contribution in [3.05, 3.63) is 22.4 Å². The zero-order valence-corrected chi connectivity index (χ0v) is 9.83. The van der Waals surface area contributed by atoms with Gasteiger partial charge in [0.05, 0.1) is 0 Å². The molecule has 0 aliphatic rings. The average Bonchev–Trinajstić information content (AvgIpc) is 2.56. The van der Waals surface area contributed by atoms with E-state index in [0.29, 0.717) is 0 Å². The van der Waals surface area contributed by atoms with E-state index in [1.807, 2.05) is 11.3 Å². The Bertz CT molecular complexity index is 194. The number of alkyl halides is 1. The van der Waals surface area contributed by atoms with E-state index in [1.54, 1.807) is 0 Å². The van der Waals surface area contributed by atoms with Gasteiger partial charge in [0.2, 0.25) is 0 Å². The summed E-state index contributed by atoms with van der Waals surface area (Å²) in [5, 5.41) is 3.30. The first-order valence-corrected chi connectivity index (χ1v) is 6.45. The smallest absolute Gasteiger partial charge is 0.00631 e. The number of hydrogen-bond donors (Lipinski definition) is 0. The first-order valence-electron chi connectivity index (χ1n) is 4.45. The van der Waals surface area contributed by atoms with Crippen molar-refractivity contribution in [2.45, 2.75) is 26.2 Å². The summed E-state index contributed by atoms with van der Waals surface area (Å²) in [7, 11) is 0. The number of halogens is 1. The Labute approximate surface area is 87.1 Å². The van der Waals surface area contributed by atoms with Crippen LogP contribution in [-0.2, 0) is 6.42 Å². The standard InChI is InChI=1S/C10H15BrS/c1-2-4-9(8-11)7-10-5-3-6-12-10/h3,5-6,9H,2,4,7-8H2,1H3. The highest BCUT2D eigenvalue weighted by atomic mass is 79.9. The maximum Gasteiger partial charge on any atom is 0.00631 e. The lowest BCUT2D eigenvalue weighted by atomic mass is 10.0. The van der Waals surface area contributed by atoms with E-state index in [1.165, 1.54) is 24.1 Å². The Morgan fingerprint density at radius 3 is 2.92 bits per heavy atom. The number of hydrogen-bond acceptors (Lipinski definition) is 1. The van der Waals surface area contributed by atoms with Crippen molar-refractivity contribution in [2.75, 3.05) is 5.33 Å². The second-order valence-corrected chi connectivity index (χ2v) is 4.77. The van der Waals surface area contributed by atoms with Crippen LogP contribution in [0.4, 0.5) is 0 Å². The van der Waals surface area contributed by atoms with Crippen LogP contribution in [0.3, 0.4) is 0 Å². The van der Waals surface area contributed by atoms with E-state index in [0.717, 1.165) is 11.2 Å². The van der Waals surface area contributed by atoms with Crippen molar-refractivity contribution in [1.82, 2.24) is 0 Å². The van der Waals surface area contributed by atoms with E-state index in [4.69, 9.17) is 0 Å². The molecule has 2 heteroatoms. The van der Waals surface area contributed by atoms with Crippen LogP contribution in [0.25, 0.3) is 0 Å². The fourth-order valence-corrected chi connectivity index (χ4v) is 2.73. The minimum absolute atomic E-state index is 0.827. The molecule has 0 N–H and O–H groups in total. The van der Waals surface area contributed by atoms with Gasteiger partial charge < -0.3 is 0 Å². The highest BCUT2D eigenvalue weighted by Crippen LogP contribution is 2.19. The predicted molar refractivity (Wildman–Crippen MR) is 60.2 cm³/mol. The second kappa shape index (κ2) is 5.76. The summed E-state index contributed by atoms with van der Waals surface area (Å²) in [6, 6.07) is 4.37. The van der Waals surface area contributed by atoms with Gasteiger partial charge >= 0.3 is 0 Å². The largest absolute Gasteiger partial charge is 0.149 e. The minimum Gasteiger partial charge on any atom is -0.149 e. The molecule has 1 heterocycles. The first-order chi connectivity index (χ1) is 5.86. The average molecular weight is 247 g/mol. The maximum absolute atomic E-state index is 3.57. The molecule has 0 aromatic carbocycles. The summed E-state index contributed by atoms with van der Waals surface area (Å²) in [5.74, 6) is 0.827. The van der Waals surface area contributed by atoms with Gasteiger partial charge in [0.25, 0.3) is 0 Å². The molecule has 0 aliphatic carbocycles. The topological polar surface area (TPSA) is 0 Å². The first kappa shape index (κ1) is 10.3. The second-order valence-electron chi connectivity index (χ2n) is 3.09. The zero-order chi connectivity index (χ0) is 8.81. The van der Waals surface area contributed by atoms with Gasteiger partial charge in [-0.05, 0) is 30.2 Å². The molecule has 0 saturated carbocycles. The molecule has 0 radical (unpaired) electrons. The Hall–Kier alpha value is 0.180. The summed E-state index contributed by atoms with van der Waals surface area (Å²) in [6.07, 6.45) is 3.88. The molecule has 1 unspecified atom stereocenters. The van der Waals surface area contributed by atoms with Crippen molar-refractivity contribution in [3.63, 3.8) is 0 Å². The van der Waals surface area contributed by atoms with E-state index in [-0.39, 0.29) is 0 Å². The molecule has 1 rings (SSSR count). The van der Waals surface area contributed by atoms with E-state index >= 15 is 0 Å². The van der Waals surface area contributed by atoms with Crippen LogP contribution in [0.2, 0.25) is 0 Å². The van der Waals surface area contributed by atoms with Crippen LogP contribution >= 0.6 is 27.3 Å². The number of rotatable bonds is 5. The third-order valence-corrected chi connectivity index (χ3v) is 3.80. The van der Waals surface area contributed by atoms with Gasteiger partial charge in [-0.15, -0.1) is 11.3 Å². The van der Waals surface area contributed by atoms with E-state index in [2.05, 4.69) is 40.4 Å².